The topological polar surface area (TPSA) is 68.7 Å². The molecule has 0 saturated carbocycles. The van der Waals surface area contributed by atoms with Gasteiger partial charge in [-0.1, -0.05) is 39.0 Å². The van der Waals surface area contributed by atoms with Crippen molar-refractivity contribution in [3.63, 3.8) is 0 Å². The lowest BCUT2D eigenvalue weighted by Gasteiger charge is -2.04. The van der Waals surface area contributed by atoms with E-state index < -0.39 is 0 Å². The van der Waals surface area contributed by atoms with E-state index in [0.29, 0.717) is 21.4 Å². The Bertz CT molecular complexity index is 2300. The fraction of sp³-hybridized carbons (Fsp3) is 0.310. The van der Waals surface area contributed by atoms with Crippen LogP contribution in [0.5, 0.6) is 0 Å². The highest BCUT2D eigenvalue weighted by Crippen LogP contribution is 2.42. The number of fused-ring (bicyclic) bond motifs is 8. The molecule has 0 spiro atoms. The number of benzene rings is 1. The number of aromatic nitrogens is 4. The van der Waals surface area contributed by atoms with Gasteiger partial charge in [-0.2, -0.15) is 0 Å². The first-order valence-corrected chi connectivity index (χ1v) is 15.7. The minimum atomic E-state index is -0.0679. The van der Waals surface area contributed by atoms with Crippen LogP contribution in [0.15, 0.2) is 33.9 Å². The Morgan fingerprint density at radius 3 is 2.29 bits per heavy atom. The Hall–Kier alpha value is -3.14. The number of unbranched alkanes of at least 4 members (excludes halogenated alkanes) is 5. The number of thiophene rings is 3. The highest BCUT2D eigenvalue weighted by molar-refractivity contribution is 7.27. The molecule has 8 rings (SSSR count). The zero-order valence-corrected chi connectivity index (χ0v) is 23.5. The van der Waals surface area contributed by atoms with Crippen LogP contribution in [0.1, 0.15) is 55.2 Å². The van der Waals surface area contributed by atoms with Gasteiger partial charge in [-0.05, 0) is 44.0 Å². The summed E-state index contributed by atoms with van der Waals surface area (Å²) in [6.07, 6.45) is 8.62. The number of hydrogen-bond donors (Lipinski definition) is 0. The molecule has 0 aliphatic heterocycles. The predicted octanol–water partition coefficient (Wildman–Crippen LogP) is 7.74. The van der Waals surface area contributed by atoms with Gasteiger partial charge in [0.1, 0.15) is 20.0 Å². The molecule has 8 aromatic rings. The predicted molar refractivity (Wildman–Crippen MR) is 162 cm³/mol. The number of hydrogen-bond acceptors (Lipinski definition) is 7. The van der Waals surface area contributed by atoms with Gasteiger partial charge in [0.25, 0.3) is 11.1 Å². The van der Waals surface area contributed by atoms with Gasteiger partial charge in [-0.3, -0.25) is 18.4 Å². The molecule has 0 aliphatic carbocycles. The summed E-state index contributed by atoms with van der Waals surface area (Å²) in [6, 6.07) is 8.06. The molecule has 1 aromatic carbocycles. The van der Waals surface area contributed by atoms with E-state index in [1.54, 1.807) is 31.5 Å². The van der Waals surface area contributed by atoms with Crippen molar-refractivity contribution in [1.82, 2.24) is 18.8 Å². The SMILES string of the molecule is CCCCCCCCc1cc2c(nc3c4sc5c(=O)n6c7cc(C)sc7nc6c6ccc(c(=O)n23)c4c56)s1. The Balaban J connectivity index is 1.34. The van der Waals surface area contributed by atoms with E-state index in [1.807, 2.05) is 25.1 Å². The van der Waals surface area contributed by atoms with Gasteiger partial charge in [0.05, 0.1) is 15.7 Å². The van der Waals surface area contributed by atoms with Gasteiger partial charge in [0.15, 0.2) is 5.65 Å². The molecule has 7 aromatic heterocycles. The Kier molecular flexibility index (Phi) is 4.91. The number of nitrogens with zero attached hydrogens (tertiary/aromatic N) is 4. The minimum absolute atomic E-state index is 0.0622. The second kappa shape index (κ2) is 8.18. The fourth-order valence-corrected chi connectivity index (χ4v) is 9.18. The molecule has 0 unspecified atom stereocenters. The first-order chi connectivity index (χ1) is 18.5. The molecule has 0 radical (unpaired) electrons. The molecule has 7 heterocycles. The molecular weight excluding hydrogens is 533 g/mol. The van der Waals surface area contributed by atoms with Gasteiger partial charge >= 0.3 is 0 Å². The minimum Gasteiger partial charge on any atom is -0.268 e. The molecule has 0 atom stereocenters. The molecule has 38 heavy (non-hydrogen) atoms. The molecular formula is C29H24N4O2S3. The Morgan fingerprint density at radius 1 is 0.737 bits per heavy atom. The van der Waals surface area contributed by atoms with Crippen molar-refractivity contribution in [2.45, 2.75) is 58.8 Å². The standard InChI is InChI=1S/C29H24N4O2S3/c1-3-4-5-6-7-8-9-15-13-19-27(37-15)31-25-22-21-17(28(34)33(19)25)11-10-16-20(21)23(38-22)29(35)32-18-12-14(2)36-26(18)30-24(16)32/h10-13H,3-9H2,1-2H3. The van der Waals surface area contributed by atoms with Crippen LogP contribution >= 0.6 is 34.0 Å². The highest BCUT2D eigenvalue weighted by atomic mass is 32.1. The van der Waals surface area contributed by atoms with E-state index in [-0.39, 0.29) is 11.1 Å². The average Bonchev–Trinajstić information content (AvgIpc) is 3.68. The van der Waals surface area contributed by atoms with Crippen molar-refractivity contribution in [3.8, 4) is 0 Å². The van der Waals surface area contributed by atoms with Crippen LogP contribution in [-0.4, -0.2) is 18.8 Å². The first-order valence-electron chi connectivity index (χ1n) is 13.2. The first kappa shape index (κ1) is 22.8. The normalized spacial score (nSPS) is 12.9. The summed E-state index contributed by atoms with van der Waals surface area (Å²) in [4.78, 5) is 41.7. The van der Waals surface area contributed by atoms with Crippen LogP contribution < -0.4 is 11.1 Å². The van der Waals surface area contributed by atoms with Gasteiger partial charge in [0, 0.05) is 31.3 Å². The van der Waals surface area contributed by atoms with E-state index in [2.05, 4.69) is 13.0 Å². The molecule has 0 amide bonds. The summed E-state index contributed by atoms with van der Waals surface area (Å²) in [6.45, 7) is 4.28. The Labute approximate surface area is 228 Å². The molecule has 0 saturated heterocycles. The summed E-state index contributed by atoms with van der Waals surface area (Å²) in [5.74, 6) is 0. The fourth-order valence-electron chi connectivity index (χ4n) is 6.03. The van der Waals surface area contributed by atoms with Crippen LogP contribution in [0.3, 0.4) is 0 Å². The monoisotopic (exact) mass is 556 g/mol. The van der Waals surface area contributed by atoms with Crippen LogP contribution in [0.4, 0.5) is 0 Å². The van der Waals surface area contributed by atoms with Gasteiger partial charge < -0.3 is 0 Å². The molecule has 6 nitrogen and oxygen atoms in total. The molecule has 190 valence electrons. The van der Waals surface area contributed by atoms with Crippen LogP contribution in [0.2, 0.25) is 0 Å². The third-order valence-corrected chi connectivity index (χ3v) is 11.0. The van der Waals surface area contributed by atoms with E-state index >= 15 is 0 Å². The number of pyridine rings is 2. The smallest absolute Gasteiger partial charge is 0.268 e. The van der Waals surface area contributed by atoms with Crippen LogP contribution in [0.25, 0.3) is 62.9 Å². The summed E-state index contributed by atoms with van der Waals surface area (Å²) in [5, 5.41) is 3.26. The highest BCUT2D eigenvalue weighted by Gasteiger charge is 2.25. The number of aryl methyl sites for hydroxylation is 2. The third-order valence-electron chi connectivity index (χ3n) is 7.80. The maximum absolute atomic E-state index is 13.9. The Morgan fingerprint density at radius 2 is 1.42 bits per heavy atom. The summed E-state index contributed by atoms with van der Waals surface area (Å²) in [5.41, 5.74) is 2.95. The molecule has 9 heteroatoms. The van der Waals surface area contributed by atoms with Crippen molar-refractivity contribution in [2.24, 2.45) is 0 Å². The quantitative estimate of drug-likeness (QED) is 0.149. The van der Waals surface area contributed by atoms with E-state index in [9.17, 15) is 9.59 Å². The van der Waals surface area contributed by atoms with Gasteiger partial charge in [-0.15, -0.1) is 34.0 Å². The molecule has 0 aliphatic rings. The van der Waals surface area contributed by atoms with Crippen molar-refractivity contribution < 1.29 is 0 Å². The average molecular weight is 557 g/mol. The van der Waals surface area contributed by atoms with E-state index in [0.717, 1.165) is 52.9 Å². The lowest BCUT2D eigenvalue weighted by Crippen LogP contribution is -2.13. The van der Waals surface area contributed by atoms with Gasteiger partial charge in [-0.25, -0.2) is 9.97 Å². The number of rotatable bonds is 7. The van der Waals surface area contributed by atoms with Crippen molar-refractivity contribution in [3.05, 3.63) is 54.7 Å². The largest absolute Gasteiger partial charge is 0.274 e. The summed E-state index contributed by atoms with van der Waals surface area (Å²) < 4.78 is 5.09. The summed E-state index contributed by atoms with van der Waals surface area (Å²) >= 11 is 4.75. The van der Waals surface area contributed by atoms with Gasteiger partial charge in [0.2, 0.25) is 0 Å². The molecule has 0 N–H and O–H groups in total. The number of imidazole rings is 2. The second-order valence-electron chi connectivity index (χ2n) is 10.3. The van der Waals surface area contributed by atoms with E-state index in [4.69, 9.17) is 9.97 Å². The maximum Gasteiger partial charge on any atom is 0.274 e. The van der Waals surface area contributed by atoms with Crippen LogP contribution in [-0.2, 0) is 6.42 Å². The van der Waals surface area contributed by atoms with Crippen LogP contribution in [0, 0.1) is 6.92 Å². The van der Waals surface area contributed by atoms with Crippen molar-refractivity contribution >= 4 is 96.9 Å². The molecule has 0 fully saturated rings. The zero-order valence-electron chi connectivity index (χ0n) is 21.1. The van der Waals surface area contributed by atoms with E-state index in [1.165, 1.54) is 54.7 Å². The van der Waals surface area contributed by atoms with Crippen molar-refractivity contribution in [2.75, 3.05) is 0 Å². The maximum atomic E-state index is 13.9. The molecule has 0 bridgehead atoms. The third kappa shape index (κ3) is 2.98. The lowest BCUT2D eigenvalue weighted by molar-refractivity contribution is 0.609. The lowest BCUT2D eigenvalue weighted by atomic mass is 10.0. The zero-order chi connectivity index (χ0) is 25.7. The van der Waals surface area contributed by atoms with Crippen molar-refractivity contribution in [1.29, 1.82) is 0 Å². The second-order valence-corrected chi connectivity index (χ2v) is 13.7. The summed E-state index contributed by atoms with van der Waals surface area (Å²) in [7, 11) is 0.